The molecule has 1 fully saturated rings. The highest BCUT2D eigenvalue weighted by molar-refractivity contribution is 7.89. The second-order valence-electron chi connectivity index (χ2n) is 6.26. The van der Waals surface area contributed by atoms with Gasteiger partial charge in [0.25, 0.3) is 0 Å². The molecule has 3 atom stereocenters. The lowest BCUT2D eigenvalue weighted by Crippen LogP contribution is -2.41. The Kier molecular flexibility index (Phi) is 5.76. The summed E-state index contributed by atoms with van der Waals surface area (Å²) in [5.74, 6) is 0.594. The first-order chi connectivity index (χ1) is 10.8. The first kappa shape index (κ1) is 17.9. The van der Waals surface area contributed by atoms with Gasteiger partial charge >= 0.3 is 0 Å². The molecule has 1 saturated heterocycles. The van der Waals surface area contributed by atoms with Crippen LogP contribution in [0.5, 0.6) is 0 Å². The van der Waals surface area contributed by atoms with Gasteiger partial charge in [-0.3, -0.25) is 4.90 Å². The number of aliphatic hydroxyl groups is 1. The maximum Gasteiger partial charge on any atom is 0.241 e. The van der Waals surface area contributed by atoms with E-state index in [4.69, 9.17) is 5.26 Å². The van der Waals surface area contributed by atoms with E-state index in [9.17, 15) is 13.5 Å². The first-order valence-electron chi connectivity index (χ1n) is 7.74. The smallest absolute Gasteiger partial charge is 0.241 e. The van der Waals surface area contributed by atoms with Crippen LogP contribution in [-0.2, 0) is 10.0 Å². The highest BCUT2D eigenvalue weighted by Crippen LogP contribution is 2.22. The van der Waals surface area contributed by atoms with E-state index in [1.165, 1.54) is 12.1 Å². The predicted octanol–water partition coefficient (Wildman–Crippen LogP) is 0.928. The Morgan fingerprint density at radius 2 is 2.13 bits per heavy atom. The molecule has 126 valence electrons. The summed E-state index contributed by atoms with van der Waals surface area (Å²) >= 11 is 0. The van der Waals surface area contributed by atoms with Crippen LogP contribution in [0.1, 0.15) is 25.8 Å². The van der Waals surface area contributed by atoms with Crippen LogP contribution in [0.15, 0.2) is 29.2 Å². The van der Waals surface area contributed by atoms with Gasteiger partial charge in [-0.15, -0.1) is 0 Å². The lowest BCUT2D eigenvalue weighted by molar-refractivity contribution is 0.111. The molecule has 0 saturated carbocycles. The van der Waals surface area contributed by atoms with Gasteiger partial charge in [-0.05, 0) is 31.4 Å². The highest BCUT2D eigenvalue weighted by Gasteiger charge is 2.28. The molecule has 23 heavy (non-hydrogen) atoms. The van der Waals surface area contributed by atoms with Crippen molar-refractivity contribution >= 4 is 10.0 Å². The standard InChI is InChI=1S/C16H23N3O3S/c1-12-7-13(2)19(10-12)11-15(20)9-18-23(21,22)16-6-4-3-5-14(16)8-17/h3-6,12-13,15,18,20H,7,9-11H2,1-2H3/t12?,13?,15-/m1/s1. The molecule has 1 aliphatic heterocycles. The third-order valence-electron chi connectivity index (χ3n) is 4.16. The van der Waals surface area contributed by atoms with Gasteiger partial charge in [0.05, 0.1) is 16.6 Å². The van der Waals surface area contributed by atoms with Gasteiger partial charge in [-0.1, -0.05) is 19.1 Å². The number of likely N-dealkylation sites (tertiary alicyclic amines) is 1. The van der Waals surface area contributed by atoms with E-state index in [1.54, 1.807) is 12.1 Å². The Morgan fingerprint density at radius 1 is 1.43 bits per heavy atom. The van der Waals surface area contributed by atoms with E-state index in [2.05, 4.69) is 23.5 Å². The van der Waals surface area contributed by atoms with Crippen LogP contribution < -0.4 is 4.72 Å². The number of nitrogens with zero attached hydrogens (tertiary/aromatic N) is 2. The Bertz CT molecular complexity index is 684. The summed E-state index contributed by atoms with van der Waals surface area (Å²) < 4.78 is 27.0. The normalized spacial score (nSPS) is 23.6. The zero-order chi connectivity index (χ0) is 17.0. The Morgan fingerprint density at radius 3 is 2.74 bits per heavy atom. The van der Waals surface area contributed by atoms with Crippen molar-refractivity contribution in [2.45, 2.75) is 37.3 Å². The van der Waals surface area contributed by atoms with Gasteiger partial charge in [0.1, 0.15) is 6.07 Å². The van der Waals surface area contributed by atoms with Crippen LogP contribution in [-0.4, -0.2) is 50.2 Å². The second-order valence-corrected chi connectivity index (χ2v) is 7.99. The Labute approximate surface area is 137 Å². The zero-order valence-corrected chi connectivity index (χ0v) is 14.3. The summed E-state index contributed by atoms with van der Waals surface area (Å²) in [5, 5.41) is 19.1. The largest absolute Gasteiger partial charge is 0.390 e. The van der Waals surface area contributed by atoms with Crippen LogP contribution >= 0.6 is 0 Å². The molecule has 0 spiro atoms. The van der Waals surface area contributed by atoms with Crippen molar-refractivity contribution in [3.05, 3.63) is 29.8 Å². The Balaban J connectivity index is 1.95. The molecule has 6 nitrogen and oxygen atoms in total. The number of hydrogen-bond donors (Lipinski definition) is 2. The predicted molar refractivity (Wildman–Crippen MR) is 87.2 cm³/mol. The van der Waals surface area contributed by atoms with Gasteiger partial charge < -0.3 is 5.11 Å². The van der Waals surface area contributed by atoms with Crippen molar-refractivity contribution in [2.24, 2.45) is 5.92 Å². The van der Waals surface area contributed by atoms with Crippen molar-refractivity contribution in [1.82, 2.24) is 9.62 Å². The van der Waals surface area contributed by atoms with Gasteiger partial charge in [-0.2, -0.15) is 5.26 Å². The fourth-order valence-corrected chi connectivity index (χ4v) is 4.28. The topological polar surface area (TPSA) is 93.4 Å². The third-order valence-corrected chi connectivity index (χ3v) is 5.65. The van der Waals surface area contributed by atoms with E-state index in [1.807, 2.05) is 6.07 Å². The van der Waals surface area contributed by atoms with Crippen LogP contribution in [0.4, 0.5) is 0 Å². The van der Waals surface area contributed by atoms with Gasteiger partial charge in [-0.25, -0.2) is 13.1 Å². The van der Waals surface area contributed by atoms with Crippen LogP contribution in [0.3, 0.4) is 0 Å². The highest BCUT2D eigenvalue weighted by atomic mass is 32.2. The molecule has 0 amide bonds. The van der Waals surface area contributed by atoms with Gasteiger partial charge in [0, 0.05) is 25.7 Å². The van der Waals surface area contributed by atoms with E-state index in [0.717, 1.165) is 13.0 Å². The number of aliphatic hydroxyl groups excluding tert-OH is 1. The van der Waals surface area contributed by atoms with E-state index < -0.39 is 16.1 Å². The Hall–Kier alpha value is -1.46. The average Bonchev–Trinajstić information content (AvgIpc) is 2.83. The maximum atomic E-state index is 12.3. The number of β-amino-alcohol motifs (C(OH)–C–C–N with tert-alkyl or cyclic N) is 1. The summed E-state index contributed by atoms with van der Waals surface area (Å²) in [6.07, 6.45) is 0.306. The molecule has 0 bridgehead atoms. The molecule has 0 radical (unpaired) electrons. The molecule has 1 aromatic carbocycles. The number of rotatable bonds is 6. The summed E-state index contributed by atoms with van der Waals surface area (Å²) in [5.41, 5.74) is 0.0940. The number of nitrogens with one attached hydrogen (secondary N) is 1. The van der Waals surface area contributed by atoms with Gasteiger partial charge in [0.15, 0.2) is 0 Å². The van der Waals surface area contributed by atoms with Gasteiger partial charge in [0.2, 0.25) is 10.0 Å². The fourth-order valence-electron chi connectivity index (χ4n) is 3.05. The SMILES string of the molecule is CC1CC(C)N(C[C@H](O)CNS(=O)(=O)c2ccccc2C#N)C1. The minimum absolute atomic E-state index is 0.0575. The molecule has 0 aliphatic carbocycles. The first-order valence-corrected chi connectivity index (χ1v) is 9.22. The van der Waals surface area contributed by atoms with E-state index in [0.29, 0.717) is 18.5 Å². The van der Waals surface area contributed by atoms with E-state index in [-0.39, 0.29) is 17.0 Å². The third kappa shape index (κ3) is 4.52. The average molecular weight is 337 g/mol. The molecule has 2 rings (SSSR count). The molecular formula is C16H23N3O3S. The minimum atomic E-state index is -3.81. The maximum absolute atomic E-state index is 12.3. The van der Waals surface area contributed by atoms with Crippen molar-refractivity contribution in [2.75, 3.05) is 19.6 Å². The van der Waals surface area contributed by atoms with Crippen LogP contribution in [0, 0.1) is 17.2 Å². The summed E-state index contributed by atoms with van der Waals surface area (Å²) in [6.45, 7) is 5.57. The van der Waals surface area contributed by atoms with Crippen molar-refractivity contribution < 1.29 is 13.5 Å². The zero-order valence-electron chi connectivity index (χ0n) is 13.4. The molecule has 7 heteroatoms. The number of hydrogen-bond acceptors (Lipinski definition) is 5. The quantitative estimate of drug-likeness (QED) is 0.805. The van der Waals surface area contributed by atoms with Crippen LogP contribution in [0.2, 0.25) is 0 Å². The summed E-state index contributed by atoms with van der Waals surface area (Å²) in [6, 6.07) is 8.29. The molecule has 2 unspecified atom stereocenters. The summed E-state index contributed by atoms with van der Waals surface area (Å²) in [4.78, 5) is 2.12. The number of nitriles is 1. The van der Waals surface area contributed by atoms with E-state index >= 15 is 0 Å². The van der Waals surface area contributed by atoms with Crippen molar-refractivity contribution in [1.29, 1.82) is 5.26 Å². The minimum Gasteiger partial charge on any atom is -0.390 e. The molecule has 1 aliphatic rings. The number of sulfonamides is 1. The summed E-state index contributed by atoms with van der Waals surface area (Å²) in [7, 11) is -3.81. The second kappa shape index (κ2) is 7.41. The molecular weight excluding hydrogens is 314 g/mol. The monoisotopic (exact) mass is 337 g/mol. The number of benzene rings is 1. The molecule has 1 aromatic rings. The molecule has 1 heterocycles. The molecule has 0 aromatic heterocycles. The van der Waals surface area contributed by atoms with Crippen molar-refractivity contribution in [3.8, 4) is 6.07 Å². The molecule has 2 N–H and O–H groups in total. The fraction of sp³-hybridized carbons (Fsp3) is 0.562. The van der Waals surface area contributed by atoms with Crippen LogP contribution in [0.25, 0.3) is 0 Å². The lowest BCUT2D eigenvalue weighted by Gasteiger charge is -2.24. The lowest BCUT2D eigenvalue weighted by atomic mass is 10.1. The van der Waals surface area contributed by atoms with Crippen molar-refractivity contribution in [3.63, 3.8) is 0 Å².